The third kappa shape index (κ3) is 4.34. The monoisotopic (exact) mass is 400 g/mol. The molecule has 28 heavy (non-hydrogen) atoms. The Kier molecular flexibility index (Phi) is 5.32. The molecule has 1 unspecified atom stereocenters. The summed E-state index contributed by atoms with van der Waals surface area (Å²) in [5, 5.41) is 0. The number of aromatic nitrogens is 2. The maximum Gasteiger partial charge on any atom is 0.246 e. The molecule has 0 N–H and O–H groups in total. The summed E-state index contributed by atoms with van der Waals surface area (Å²) in [6.07, 6.45) is 9.52. The molecule has 3 heterocycles. The summed E-state index contributed by atoms with van der Waals surface area (Å²) in [6.45, 7) is 2.75. The molecule has 0 saturated carbocycles. The Morgan fingerprint density at radius 3 is 2.46 bits per heavy atom. The zero-order chi connectivity index (χ0) is 19.6. The molecule has 0 bridgehead atoms. The van der Waals surface area contributed by atoms with Crippen LogP contribution >= 0.6 is 0 Å². The predicted molar refractivity (Wildman–Crippen MR) is 108 cm³/mol. The highest BCUT2D eigenvalue weighted by molar-refractivity contribution is 7.91. The molecular formula is C20H24N4O3S. The van der Waals surface area contributed by atoms with E-state index in [1.54, 1.807) is 18.6 Å². The molecule has 2 aliphatic rings. The molecule has 7 nitrogen and oxygen atoms in total. The minimum absolute atomic E-state index is 0.00243. The minimum atomic E-state index is -2.87. The van der Waals surface area contributed by atoms with Crippen LogP contribution in [0.15, 0.2) is 49.1 Å². The fraction of sp³-hybridized carbons (Fsp3) is 0.400. The Bertz CT molecular complexity index is 944. The Balaban J connectivity index is 1.29. The lowest BCUT2D eigenvalue weighted by Crippen LogP contribution is -2.52. The molecule has 2 saturated heterocycles. The van der Waals surface area contributed by atoms with Crippen LogP contribution in [0.3, 0.4) is 0 Å². The fourth-order valence-corrected chi connectivity index (χ4v) is 5.57. The van der Waals surface area contributed by atoms with Crippen molar-refractivity contribution in [2.45, 2.75) is 12.5 Å². The SMILES string of the molecule is O=C(/C=C/c1ccc(-n2ccnc2)cc1)N1CCN(C2CCS(=O)(=O)C2)CC1. The van der Waals surface area contributed by atoms with Crippen LogP contribution in [0, 0.1) is 0 Å². The summed E-state index contributed by atoms with van der Waals surface area (Å²) in [7, 11) is -2.87. The van der Waals surface area contributed by atoms with Crippen molar-refractivity contribution in [2.75, 3.05) is 37.7 Å². The van der Waals surface area contributed by atoms with Gasteiger partial charge in [0.05, 0.1) is 17.8 Å². The normalized spacial score (nSPS) is 22.7. The first kappa shape index (κ1) is 18.9. The number of hydrogen-bond acceptors (Lipinski definition) is 5. The van der Waals surface area contributed by atoms with Gasteiger partial charge in [-0.2, -0.15) is 0 Å². The summed E-state index contributed by atoms with van der Waals surface area (Å²) in [5.41, 5.74) is 1.98. The fourth-order valence-electron chi connectivity index (χ4n) is 3.81. The maximum absolute atomic E-state index is 12.5. The number of piperazine rings is 1. The highest BCUT2D eigenvalue weighted by Gasteiger charge is 2.34. The van der Waals surface area contributed by atoms with Crippen molar-refractivity contribution in [3.05, 3.63) is 54.6 Å². The van der Waals surface area contributed by atoms with Crippen LogP contribution in [0.25, 0.3) is 11.8 Å². The van der Waals surface area contributed by atoms with Crippen LogP contribution in [0.4, 0.5) is 0 Å². The van der Waals surface area contributed by atoms with Crippen molar-refractivity contribution in [2.24, 2.45) is 0 Å². The molecule has 1 atom stereocenters. The van der Waals surface area contributed by atoms with E-state index in [9.17, 15) is 13.2 Å². The molecule has 2 aliphatic heterocycles. The van der Waals surface area contributed by atoms with E-state index in [0.29, 0.717) is 25.3 Å². The first-order chi connectivity index (χ1) is 13.5. The van der Waals surface area contributed by atoms with Gasteiger partial charge in [0.1, 0.15) is 0 Å². The van der Waals surface area contributed by atoms with Crippen LogP contribution in [0.2, 0.25) is 0 Å². The Hall–Kier alpha value is -2.45. The first-order valence-corrected chi connectivity index (χ1v) is 11.3. The number of benzene rings is 1. The van der Waals surface area contributed by atoms with E-state index in [0.717, 1.165) is 24.3 Å². The van der Waals surface area contributed by atoms with Crippen LogP contribution in [-0.4, -0.2) is 77.4 Å². The molecule has 2 aromatic rings. The molecule has 8 heteroatoms. The van der Waals surface area contributed by atoms with Crippen molar-refractivity contribution in [1.29, 1.82) is 0 Å². The average Bonchev–Trinajstić information content (AvgIpc) is 3.36. The number of carbonyl (C=O) groups excluding carboxylic acids is 1. The quantitative estimate of drug-likeness (QED) is 0.722. The zero-order valence-electron chi connectivity index (χ0n) is 15.6. The number of imidazole rings is 1. The van der Waals surface area contributed by atoms with Crippen LogP contribution < -0.4 is 0 Å². The first-order valence-electron chi connectivity index (χ1n) is 9.50. The largest absolute Gasteiger partial charge is 0.337 e. The molecule has 0 aliphatic carbocycles. The van der Waals surface area contributed by atoms with E-state index < -0.39 is 9.84 Å². The summed E-state index contributed by atoms with van der Waals surface area (Å²) in [6, 6.07) is 8.03. The lowest BCUT2D eigenvalue weighted by Gasteiger charge is -2.37. The molecule has 148 valence electrons. The summed E-state index contributed by atoms with van der Waals surface area (Å²) in [5.74, 6) is 0.548. The van der Waals surface area contributed by atoms with Gasteiger partial charge in [-0.1, -0.05) is 12.1 Å². The minimum Gasteiger partial charge on any atom is -0.337 e. The Morgan fingerprint density at radius 2 is 1.86 bits per heavy atom. The number of rotatable bonds is 4. The molecule has 1 amide bonds. The van der Waals surface area contributed by atoms with E-state index in [-0.39, 0.29) is 17.7 Å². The lowest BCUT2D eigenvalue weighted by atomic mass is 10.1. The number of nitrogens with zero attached hydrogens (tertiary/aromatic N) is 4. The third-order valence-electron chi connectivity index (χ3n) is 5.46. The molecular weight excluding hydrogens is 376 g/mol. The standard InChI is InChI=1S/C20H24N4O3S/c25-20(6-3-17-1-4-18(5-2-17)24-9-8-21-16-24)23-12-10-22(11-13-23)19-7-14-28(26,27)15-19/h1-6,8-9,16,19H,7,10-15H2/b6-3+. The molecule has 0 spiro atoms. The maximum atomic E-state index is 12.5. The predicted octanol–water partition coefficient (Wildman–Crippen LogP) is 1.22. The van der Waals surface area contributed by atoms with E-state index in [2.05, 4.69) is 9.88 Å². The Labute approximate surface area is 165 Å². The van der Waals surface area contributed by atoms with E-state index in [1.165, 1.54) is 0 Å². The summed E-state index contributed by atoms with van der Waals surface area (Å²) >= 11 is 0. The second-order valence-corrected chi connectivity index (χ2v) is 9.54. The van der Waals surface area contributed by atoms with Gasteiger partial charge in [-0.15, -0.1) is 0 Å². The smallest absolute Gasteiger partial charge is 0.246 e. The third-order valence-corrected chi connectivity index (χ3v) is 7.22. The second kappa shape index (κ2) is 7.89. The van der Waals surface area contributed by atoms with Crippen molar-refractivity contribution in [3.63, 3.8) is 0 Å². The number of carbonyl (C=O) groups is 1. The molecule has 2 fully saturated rings. The van der Waals surface area contributed by atoms with Gasteiger partial charge in [0.15, 0.2) is 9.84 Å². The molecule has 0 radical (unpaired) electrons. The zero-order valence-corrected chi connectivity index (χ0v) is 16.5. The molecule has 4 rings (SSSR count). The lowest BCUT2D eigenvalue weighted by molar-refractivity contribution is -0.127. The summed E-state index contributed by atoms with van der Waals surface area (Å²) in [4.78, 5) is 20.5. The number of sulfone groups is 1. The van der Waals surface area contributed by atoms with Gasteiger partial charge in [-0.05, 0) is 30.2 Å². The van der Waals surface area contributed by atoms with Crippen molar-refractivity contribution in [3.8, 4) is 5.69 Å². The van der Waals surface area contributed by atoms with Gasteiger partial charge in [0.25, 0.3) is 0 Å². The van der Waals surface area contributed by atoms with Crippen LogP contribution in [0.1, 0.15) is 12.0 Å². The number of amides is 1. The summed E-state index contributed by atoms with van der Waals surface area (Å²) < 4.78 is 25.2. The second-order valence-electron chi connectivity index (χ2n) is 7.31. The van der Waals surface area contributed by atoms with E-state index >= 15 is 0 Å². The van der Waals surface area contributed by atoms with Gasteiger partial charge < -0.3 is 9.47 Å². The van der Waals surface area contributed by atoms with Gasteiger partial charge in [0.2, 0.25) is 5.91 Å². The van der Waals surface area contributed by atoms with Gasteiger partial charge in [-0.25, -0.2) is 13.4 Å². The topological polar surface area (TPSA) is 75.5 Å². The van der Waals surface area contributed by atoms with Gasteiger partial charge in [-0.3, -0.25) is 9.69 Å². The van der Waals surface area contributed by atoms with Crippen molar-refractivity contribution in [1.82, 2.24) is 19.4 Å². The number of hydrogen-bond donors (Lipinski definition) is 0. The van der Waals surface area contributed by atoms with Crippen molar-refractivity contribution >= 4 is 21.8 Å². The van der Waals surface area contributed by atoms with Crippen LogP contribution in [-0.2, 0) is 14.6 Å². The van der Waals surface area contributed by atoms with E-state index in [1.807, 2.05) is 46.0 Å². The highest BCUT2D eigenvalue weighted by atomic mass is 32.2. The average molecular weight is 401 g/mol. The van der Waals surface area contributed by atoms with Crippen LogP contribution in [0.5, 0.6) is 0 Å². The Morgan fingerprint density at radius 1 is 1.11 bits per heavy atom. The molecule has 1 aromatic heterocycles. The van der Waals surface area contributed by atoms with Gasteiger partial charge >= 0.3 is 0 Å². The molecule has 1 aromatic carbocycles. The highest BCUT2D eigenvalue weighted by Crippen LogP contribution is 2.19. The van der Waals surface area contributed by atoms with E-state index in [4.69, 9.17) is 0 Å². The van der Waals surface area contributed by atoms with Gasteiger partial charge in [0, 0.05) is 56.4 Å². The van der Waals surface area contributed by atoms with Crippen molar-refractivity contribution < 1.29 is 13.2 Å².